The van der Waals surface area contributed by atoms with Crippen LogP contribution in [0.2, 0.25) is 0 Å². The van der Waals surface area contributed by atoms with Gasteiger partial charge in [0, 0.05) is 26.7 Å². The maximum absolute atomic E-state index is 11.8. The van der Waals surface area contributed by atoms with Crippen LogP contribution >= 0.6 is 0 Å². The molecule has 1 rings (SSSR count). The van der Waals surface area contributed by atoms with Gasteiger partial charge in [0.25, 0.3) is 0 Å². The predicted octanol–water partition coefficient (Wildman–Crippen LogP) is 0.0792. The summed E-state index contributed by atoms with van der Waals surface area (Å²) >= 11 is 0. The molecule has 0 aliphatic carbocycles. The standard InChI is InChI=1S/C11H19N3O2/c1-10-8-14(6-7-16-10)9-11(15)13(2)5-3-4-12/h10H,3,5-9H2,1-2H3. The zero-order valence-corrected chi connectivity index (χ0v) is 9.98. The molecule has 0 aromatic heterocycles. The third-order valence-electron chi connectivity index (χ3n) is 2.67. The molecule has 1 aliphatic rings. The van der Waals surface area contributed by atoms with Gasteiger partial charge in [-0.15, -0.1) is 0 Å². The number of hydrogen-bond acceptors (Lipinski definition) is 4. The number of carbonyl (C=O) groups excluding carboxylic acids is 1. The maximum Gasteiger partial charge on any atom is 0.236 e. The number of nitriles is 1. The predicted molar refractivity (Wildman–Crippen MR) is 59.7 cm³/mol. The molecule has 0 radical (unpaired) electrons. The lowest BCUT2D eigenvalue weighted by atomic mass is 10.3. The lowest BCUT2D eigenvalue weighted by molar-refractivity contribution is -0.132. The van der Waals surface area contributed by atoms with E-state index in [2.05, 4.69) is 4.90 Å². The molecule has 0 saturated carbocycles. The molecule has 0 bridgehead atoms. The highest BCUT2D eigenvalue weighted by Gasteiger charge is 2.20. The van der Waals surface area contributed by atoms with Gasteiger partial charge in [0.15, 0.2) is 0 Å². The first kappa shape index (κ1) is 12.9. The Morgan fingerprint density at radius 2 is 2.44 bits per heavy atom. The highest BCUT2D eigenvalue weighted by molar-refractivity contribution is 5.78. The van der Waals surface area contributed by atoms with E-state index in [1.807, 2.05) is 13.0 Å². The number of amides is 1. The van der Waals surface area contributed by atoms with Crippen LogP contribution in [0.4, 0.5) is 0 Å². The number of carbonyl (C=O) groups is 1. The monoisotopic (exact) mass is 225 g/mol. The molecule has 1 saturated heterocycles. The zero-order valence-electron chi connectivity index (χ0n) is 9.98. The molecule has 0 spiro atoms. The molecule has 90 valence electrons. The summed E-state index contributed by atoms with van der Waals surface area (Å²) in [5, 5.41) is 8.44. The fourth-order valence-corrected chi connectivity index (χ4v) is 1.69. The summed E-state index contributed by atoms with van der Waals surface area (Å²) in [5.74, 6) is 0.0735. The number of ether oxygens (including phenoxy) is 1. The van der Waals surface area contributed by atoms with E-state index in [1.165, 1.54) is 0 Å². The van der Waals surface area contributed by atoms with Crippen molar-refractivity contribution < 1.29 is 9.53 Å². The SMILES string of the molecule is CC1CN(CC(=O)N(C)CCC#N)CCO1. The highest BCUT2D eigenvalue weighted by Crippen LogP contribution is 2.04. The van der Waals surface area contributed by atoms with Crippen molar-refractivity contribution in [1.29, 1.82) is 5.26 Å². The topological polar surface area (TPSA) is 56.6 Å². The average Bonchev–Trinajstić information content (AvgIpc) is 2.25. The Kier molecular flexibility index (Phi) is 5.23. The summed E-state index contributed by atoms with van der Waals surface area (Å²) < 4.78 is 5.41. The van der Waals surface area contributed by atoms with Crippen molar-refractivity contribution in [3.63, 3.8) is 0 Å². The van der Waals surface area contributed by atoms with Crippen molar-refractivity contribution in [2.24, 2.45) is 0 Å². The van der Waals surface area contributed by atoms with Crippen LogP contribution in [0, 0.1) is 11.3 Å². The first-order valence-corrected chi connectivity index (χ1v) is 5.58. The summed E-state index contributed by atoms with van der Waals surface area (Å²) in [5.41, 5.74) is 0. The van der Waals surface area contributed by atoms with E-state index in [0.29, 0.717) is 26.1 Å². The molecule has 16 heavy (non-hydrogen) atoms. The molecule has 1 unspecified atom stereocenters. The summed E-state index contributed by atoms with van der Waals surface area (Å²) in [6.45, 7) is 5.25. The van der Waals surface area contributed by atoms with Gasteiger partial charge in [0.05, 0.1) is 31.7 Å². The van der Waals surface area contributed by atoms with E-state index in [1.54, 1.807) is 11.9 Å². The number of rotatable bonds is 4. The van der Waals surface area contributed by atoms with Crippen molar-refractivity contribution in [3.8, 4) is 6.07 Å². The summed E-state index contributed by atoms with van der Waals surface area (Å²) in [6, 6.07) is 2.04. The van der Waals surface area contributed by atoms with Gasteiger partial charge in [0.1, 0.15) is 0 Å². The van der Waals surface area contributed by atoms with Crippen molar-refractivity contribution in [2.75, 3.05) is 39.8 Å². The molecule has 1 heterocycles. The molecular weight excluding hydrogens is 206 g/mol. The second kappa shape index (κ2) is 6.46. The lowest BCUT2D eigenvalue weighted by Gasteiger charge is -2.31. The molecule has 0 aromatic rings. The largest absolute Gasteiger partial charge is 0.376 e. The first-order valence-electron chi connectivity index (χ1n) is 5.58. The smallest absolute Gasteiger partial charge is 0.236 e. The van der Waals surface area contributed by atoms with Crippen LogP contribution in [-0.2, 0) is 9.53 Å². The lowest BCUT2D eigenvalue weighted by Crippen LogP contribution is -2.46. The third kappa shape index (κ3) is 4.17. The van der Waals surface area contributed by atoms with Gasteiger partial charge >= 0.3 is 0 Å². The van der Waals surface area contributed by atoms with Crippen molar-refractivity contribution in [1.82, 2.24) is 9.80 Å². The Morgan fingerprint density at radius 3 is 3.06 bits per heavy atom. The van der Waals surface area contributed by atoms with Gasteiger partial charge in [0.2, 0.25) is 5.91 Å². The Bertz CT molecular complexity index is 275. The van der Waals surface area contributed by atoms with E-state index >= 15 is 0 Å². The Labute approximate surface area is 96.6 Å². The van der Waals surface area contributed by atoms with E-state index in [4.69, 9.17) is 10.00 Å². The minimum Gasteiger partial charge on any atom is -0.376 e. The van der Waals surface area contributed by atoms with Crippen LogP contribution in [0.25, 0.3) is 0 Å². The molecular formula is C11H19N3O2. The van der Waals surface area contributed by atoms with E-state index in [-0.39, 0.29) is 12.0 Å². The van der Waals surface area contributed by atoms with Gasteiger partial charge in [-0.05, 0) is 6.92 Å². The van der Waals surface area contributed by atoms with Crippen molar-refractivity contribution >= 4 is 5.91 Å². The van der Waals surface area contributed by atoms with Crippen molar-refractivity contribution in [3.05, 3.63) is 0 Å². The second-order valence-electron chi connectivity index (χ2n) is 4.14. The normalized spacial score (nSPS) is 21.4. The number of morpholine rings is 1. The van der Waals surface area contributed by atoms with Gasteiger partial charge < -0.3 is 9.64 Å². The molecule has 1 atom stereocenters. The molecule has 0 N–H and O–H groups in total. The second-order valence-corrected chi connectivity index (χ2v) is 4.14. The third-order valence-corrected chi connectivity index (χ3v) is 2.67. The molecule has 5 heteroatoms. The van der Waals surface area contributed by atoms with Crippen LogP contribution in [0.15, 0.2) is 0 Å². The van der Waals surface area contributed by atoms with Gasteiger partial charge in [-0.3, -0.25) is 9.69 Å². The van der Waals surface area contributed by atoms with Crippen LogP contribution in [0.5, 0.6) is 0 Å². The van der Waals surface area contributed by atoms with Gasteiger partial charge in [-0.2, -0.15) is 5.26 Å². The Morgan fingerprint density at radius 1 is 1.69 bits per heavy atom. The summed E-state index contributed by atoms with van der Waals surface area (Å²) in [7, 11) is 1.74. The minimum atomic E-state index is 0.0735. The van der Waals surface area contributed by atoms with E-state index in [0.717, 1.165) is 13.1 Å². The van der Waals surface area contributed by atoms with Crippen LogP contribution in [-0.4, -0.2) is 61.6 Å². The highest BCUT2D eigenvalue weighted by atomic mass is 16.5. The molecule has 1 fully saturated rings. The minimum absolute atomic E-state index is 0.0735. The van der Waals surface area contributed by atoms with Crippen LogP contribution < -0.4 is 0 Å². The van der Waals surface area contributed by atoms with Gasteiger partial charge in [-0.25, -0.2) is 0 Å². The number of hydrogen-bond donors (Lipinski definition) is 0. The first-order chi connectivity index (χ1) is 7.63. The molecule has 1 amide bonds. The number of nitrogens with zero attached hydrogens (tertiary/aromatic N) is 3. The molecule has 1 aliphatic heterocycles. The summed E-state index contributed by atoms with van der Waals surface area (Å²) in [6.07, 6.45) is 0.591. The van der Waals surface area contributed by atoms with E-state index in [9.17, 15) is 4.79 Å². The molecule has 5 nitrogen and oxygen atoms in total. The van der Waals surface area contributed by atoms with Crippen LogP contribution in [0.1, 0.15) is 13.3 Å². The fourth-order valence-electron chi connectivity index (χ4n) is 1.69. The number of likely N-dealkylation sites (N-methyl/N-ethyl adjacent to an activating group) is 1. The zero-order chi connectivity index (χ0) is 12.0. The van der Waals surface area contributed by atoms with E-state index < -0.39 is 0 Å². The summed E-state index contributed by atoms with van der Waals surface area (Å²) in [4.78, 5) is 15.5. The quantitative estimate of drug-likeness (QED) is 0.680. The fraction of sp³-hybridized carbons (Fsp3) is 0.818. The van der Waals surface area contributed by atoms with Gasteiger partial charge in [-0.1, -0.05) is 0 Å². The van der Waals surface area contributed by atoms with Crippen molar-refractivity contribution in [2.45, 2.75) is 19.4 Å². The Hall–Kier alpha value is -1.12. The Balaban J connectivity index is 2.30. The average molecular weight is 225 g/mol. The molecule has 0 aromatic carbocycles. The van der Waals surface area contributed by atoms with Crippen LogP contribution in [0.3, 0.4) is 0 Å². The maximum atomic E-state index is 11.8.